The van der Waals surface area contributed by atoms with Gasteiger partial charge in [0.15, 0.2) is 0 Å². The van der Waals surface area contributed by atoms with Crippen LogP contribution < -0.4 is 0 Å². The molecule has 0 spiro atoms. The molecule has 0 N–H and O–H groups in total. The molecule has 122 valence electrons. The highest BCUT2D eigenvalue weighted by atomic mass is 79.9. The molecule has 0 aromatic heterocycles. The second-order valence-corrected chi connectivity index (χ2v) is 9.38. The Morgan fingerprint density at radius 2 is 1.78 bits per heavy atom. The van der Waals surface area contributed by atoms with Gasteiger partial charge in [-0.15, -0.1) is 11.8 Å². The van der Waals surface area contributed by atoms with Gasteiger partial charge in [0.05, 0.1) is 10.3 Å². The molecule has 0 aliphatic carbocycles. The highest BCUT2D eigenvalue weighted by Crippen LogP contribution is 2.41. The molecule has 3 rings (SSSR count). The highest BCUT2D eigenvalue weighted by molar-refractivity contribution is 9.10. The second kappa shape index (κ2) is 6.97. The van der Waals surface area contributed by atoms with Crippen molar-refractivity contribution in [2.75, 3.05) is 12.3 Å². The van der Waals surface area contributed by atoms with E-state index < -0.39 is 10.0 Å². The summed E-state index contributed by atoms with van der Waals surface area (Å²) in [6.45, 7) is 2.60. The van der Waals surface area contributed by atoms with Crippen molar-refractivity contribution in [3.05, 3.63) is 64.1 Å². The van der Waals surface area contributed by atoms with Crippen LogP contribution in [0.5, 0.6) is 0 Å². The van der Waals surface area contributed by atoms with E-state index in [0.29, 0.717) is 11.4 Å². The maximum absolute atomic E-state index is 13.0. The average molecular weight is 412 g/mol. The zero-order valence-electron chi connectivity index (χ0n) is 12.8. The highest BCUT2D eigenvalue weighted by Gasteiger charge is 2.36. The van der Waals surface area contributed by atoms with E-state index in [4.69, 9.17) is 0 Å². The minimum Gasteiger partial charge on any atom is -0.207 e. The van der Waals surface area contributed by atoms with Crippen LogP contribution in [0.2, 0.25) is 0 Å². The molecule has 1 heterocycles. The maximum Gasteiger partial charge on any atom is 0.244 e. The van der Waals surface area contributed by atoms with Gasteiger partial charge in [-0.3, -0.25) is 0 Å². The Balaban J connectivity index is 1.92. The molecule has 0 amide bonds. The van der Waals surface area contributed by atoms with Crippen LogP contribution in [-0.2, 0) is 16.4 Å². The molecule has 1 saturated heterocycles. The fourth-order valence-electron chi connectivity index (χ4n) is 2.62. The van der Waals surface area contributed by atoms with E-state index in [-0.39, 0.29) is 5.37 Å². The Hall–Kier alpha value is -0.820. The Morgan fingerprint density at radius 3 is 2.39 bits per heavy atom. The molecule has 0 saturated carbocycles. The van der Waals surface area contributed by atoms with E-state index in [1.807, 2.05) is 36.4 Å². The Kier molecular flexibility index (Phi) is 5.16. The summed E-state index contributed by atoms with van der Waals surface area (Å²) in [6, 6.07) is 15.1. The molecular weight excluding hydrogens is 394 g/mol. The van der Waals surface area contributed by atoms with E-state index in [9.17, 15) is 8.42 Å². The Bertz CT molecular complexity index is 773. The maximum atomic E-state index is 13.0. The largest absolute Gasteiger partial charge is 0.244 e. The molecule has 1 aliphatic heterocycles. The first-order valence-corrected chi connectivity index (χ1v) is 10.8. The minimum atomic E-state index is -3.47. The molecule has 2 aromatic rings. The second-order valence-electron chi connectivity index (χ2n) is 5.39. The number of benzene rings is 2. The van der Waals surface area contributed by atoms with Crippen LogP contribution in [0.25, 0.3) is 0 Å². The lowest BCUT2D eigenvalue weighted by molar-refractivity contribution is 0.434. The van der Waals surface area contributed by atoms with Crippen LogP contribution in [0.3, 0.4) is 0 Å². The first-order valence-electron chi connectivity index (χ1n) is 7.50. The zero-order chi connectivity index (χ0) is 16.4. The molecule has 1 aliphatic rings. The van der Waals surface area contributed by atoms with Gasteiger partial charge in [-0.25, -0.2) is 8.42 Å². The molecule has 0 bridgehead atoms. The van der Waals surface area contributed by atoms with Crippen molar-refractivity contribution in [2.45, 2.75) is 23.6 Å². The number of rotatable bonds is 4. The van der Waals surface area contributed by atoms with Gasteiger partial charge < -0.3 is 0 Å². The van der Waals surface area contributed by atoms with E-state index >= 15 is 0 Å². The van der Waals surface area contributed by atoms with E-state index in [1.54, 1.807) is 28.2 Å². The van der Waals surface area contributed by atoms with Crippen molar-refractivity contribution < 1.29 is 8.42 Å². The van der Waals surface area contributed by atoms with Gasteiger partial charge in [0.2, 0.25) is 10.0 Å². The predicted molar refractivity (Wildman–Crippen MR) is 99.1 cm³/mol. The fraction of sp³-hybridized carbons (Fsp3) is 0.294. The number of hydrogen-bond donors (Lipinski definition) is 0. The third kappa shape index (κ3) is 3.50. The van der Waals surface area contributed by atoms with Crippen molar-refractivity contribution in [2.24, 2.45) is 0 Å². The molecule has 23 heavy (non-hydrogen) atoms. The predicted octanol–water partition coefficient (Wildman–Crippen LogP) is 4.45. The lowest BCUT2D eigenvalue weighted by atomic mass is 10.2. The molecule has 2 aromatic carbocycles. The first-order chi connectivity index (χ1) is 11.0. The van der Waals surface area contributed by atoms with Gasteiger partial charge in [-0.2, -0.15) is 4.31 Å². The third-order valence-corrected chi connectivity index (χ3v) is 7.74. The minimum absolute atomic E-state index is 0.154. The average Bonchev–Trinajstić information content (AvgIpc) is 3.06. The quantitative estimate of drug-likeness (QED) is 0.745. The topological polar surface area (TPSA) is 37.4 Å². The summed E-state index contributed by atoms with van der Waals surface area (Å²) < 4.78 is 28.6. The number of thioether (sulfide) groups is 1. The first kappa shape index (κ1) is 17.0. The number of sulfonamides is 1. The van der Waals surface area contributed by atoms with Crippen LogP contribution in [0, 0.1) is 0 Å². The van der Waals surface area contributed by atoms with E-state index in [2.05, 4.69) is 22.9 Å². The summed E-state index contributed by atoms with van der Waals surface area (Å²) in [4.78, 5) is 0.374. The molecule has 1 unspecified atom stereocenters. The van der Waals surface area contributed by atoms with Crippen molar-refractivity contribution in [3.8, 4) is 0 Å². The van der Waals surface area contributed by atoms with Gasteiger partial charge in [0, 0.05) is 16.8 Å². The van der Waals surface area contributed by atoms with Crippen LogP contribution in [-0.4, -0.2) is 25.0 Å². The van der Waals surface area contributed by atoms with Crippen molar-refractivity contribution in [3.63, 3.8) is 0 Å². The standard InChI is InChI=1S/C17H18BrNO2S2/c1-2-13-3-9-16(10-4-13)23(20,21)19-11-12-22-17(19)14-5-7-15(18)8-6-14/h3-10,17H,2,11-12H2,1H3. The summed E-state index contributed by atoms with van der Waals surface area (Å²) in [5.41, 5.74) is 2.16. The smallest absolute Gasteiger partial charge is 0.207 e. The van der Waals surface area contributed by atoms with Crippen molar-refractivity contribution in [1.29, 1.82) is 0 Å². The van der Waals surface area contributed by atoms with Crippen molar-refractivity contribution >= 4 is 37.7 Å². The summed E-state index contributed by atoms with van der Waals surface area (Å²) in [6.07, 6.45) is 0.904. The van der Waals surface area contributed by atoms with Crippen LogP contribution in [0.1, 0.15) is 23.4 Å². The van der Waals surface area contributed by atoms with Gasteiger partial charge in [-0.1, -0.05) is 47.1 Å². The van der Waals surface area contributed by atoms with E-state index in [0.717, 1.165) is 27.8 Å². The monoisotopic (exact) mass is 411 g/mol. The lowest BCUT2D eigenvalue weighted by Gasteiger charge is -2.23. The molecule has 0 radical (unpaired) electrons. The van der Waals surface area contributed by atoms with E-state index in [1.165, 1.54) is 0 Å². The Morgan fingerprint density at radius 1 is 1.13 bits per heavy atom. The Labute approximate surface area is 150 Å². The van der Waals surface area contributed by atoms with Crippen molar-refractivity contribution in [1.82, 2.24) is 4.31 Å². The fourth-order valence-corrected chi connectivity index (χ4v) is 6.13. The molecule has 3 nitrogen and oxygen atoms in total. The summed E-state index contributed by atoms with van der Waals surface area (Å²) in [5, 5.41) is -0.154. The van der Waals surface area contributed by atoms with Crippen LogP contribution >= 0.6 is 27.7 Å². The van der Waals surface area contributed by atoms with Gasteiger partial charge >= 0.3 is 0 Å². The van der Waals surface area contributed by atoms with Gasteiger partial charge in [-0.05, 0) is 41.8 Å². The zero-order valence-corrected chi connectivity index (χ0v) is 16.0. The molecule has 1 fully saturated rings. The number of aryl methyl sites for hydroxylation is 1. The molecule has 1 atom stereocenters. The summed E-state index contributed by atoms with van der Waals surface area (Å²) >= 11 is 5.09. The number of nitrogens with zero attached hydrogens (tertiary/aromatic N) is 1. The van der Waals surface area contributed by atoms with Gasteiger partial charge in [0.25, 0.3) is 0 Å². The third-order valence-electron chi connectivity index (χ3n) is 3.94. The molecule has 6 heteroatoms. The number of halogens is 1. The van der Waals surface area contributed by atoms with Crippen LogP contribution in [0.15, 0.2) is 57.9 Å². The van der Waals surface area contributed by atoms with Gasteiger partial charge in [0.1, 0.15) is 0 Å². The van der Waals surface area contributed by atoms with Crippen LogP contribution in [0.4, 0.5) is 0 Å². The molecular formula is C17H18BrNO2S2. The lowest BCUT2D eigenvalue weighted by Crippen LogP contribution is -2.30. The normalized spacial score (nSPS) is 19.1. The summed E-state index contributed by atoms with van der Waals surface area (Å²) in [5.74, 6) is 0.813. The number of hydrogen-bond acceptors (Lipinski definition) is 3. The SMILES string of the molecule is CCc1ccc(S(=O)(=O)N2CCSC2c2ccc(Br)cc2)cc1. The summed E-state index contributed by atoms with van der Waals surface area (Å²) in [7, 11) is -3.47.